The first-order chi connectivity index (χ1) is 9.00. The van der Waals surface area contributed by atoms with Gasteiger partial charge in [-0.1, -0.05) is 44.2 Å². The summed E-state index contributed by atoms with van der Waals surface area (Å²) in [5.74, 6) is -0.0340. The SMILES string of the molecule is CC(=O)Nc1ccc2c(c1)C(C)(C)c1ccccc1-2. The number of carbonyl (C=O) groups excluding carboxylic acids is 1. The Balaban J connectivity index is 2.18. The maximum atomic E-state index is 11.2. The van der Waals surface area contributed by atoms with Gasteiger partial charge in [0.15, 0.2) is 0 Å². The van der Waals surface area contributed by atoms with Crippen molar-refractivity contribution in [3.8, 4) is 11.1 Å². The number of anilines is 1. The van der Waals surface area contributed by atoms with Crippen LogP contribution in [0.15, 0.2) is 42.5 Å². The lowest BCUT2D eigenvalue weighted by Crippen LogP contribution is -2.15. The van der Waals surface area contributed by atoms with E-state index in [1.807, 2.05) is 6.07 Å². The molecule has 2 nitrogen and oxygen atoms in total. The predicted octanol–water partition coefficient (Wildman–Crippen LogP) is 3.95. The zero-order valence-electron chi connectivity index (χ0n) is 11.4. The molecule has 0 heterocycles. The zero-order valence-corrected chi connectivity index (χ0v) is 11.4. The van der Waals surface area contributed by atoms with E-state index in [0.29, 0.717) is 0 Å². The van der Waals surface area contributed by atoms with Crippen LogP contribution in [0.4, 0.5) is 5.69 Å². The van der Waals surface area contributed by atoms with E-state index in [9.17, 15) is 4.79 Å². The maximum absolute atomic E-state index is 11.2. The first-order valence-corrected chi connectivity index (χ1v) is 6.52. The highest BCUT2D eigenvalue weighted by atomic mass is 16.1. The molecule has 0 aliphatic heterocycles. The number of nitrogens with one attached hydrogen (secondary N) is 1. The van der Waals surface area contributed by atoms with Gasteiger partial charge in [-0.25, -0.2) is 0 Å². The Morgan fingerprint density at radius 3 is 2.42 bits per heavy atom. The second-order valence-electron chi connectivity index (χ2n) is 5.61. The molecule has 1 aliphatic carbocycles. The topological polar surface area (TPSA) is 29.1 Å². The van der Waals surface area contributed by atoms with Crippen molar-refractivity contribution in [3.63, 3.8) is 0 Å². The highest BCUT2D eigenvalue weighted by molar-refractivity contribution is 5.90. The molecule has 2 heteroatoms. The van der Waals surface area contributed by atoms with Crippen LogP contribution in [0.25, 0.3) is 11.1 Å². The van der Waals surface area contributed by atoms with Gasteiger partial charge in [0.25, 0.3) is 0 Å². The molecular weight excluding hydrogens is 234 g/mol. The summed E-state index contributed by atoms with van der Waals surface area (Å²) in [6, 6.07) is 14.7. The van der Waals surface area contributed by atoms with Gasteiger partial charge in [0.1, 0.15) is 0 Å². The third kappa shape index (κ3) is 1.75. The van der Waals surface area contributed by atoms with Gasteiger partial charge in [0.2, 0.25) is 5.91 Å². The van der Waals surface area contributed by atoms with E-state index in [-0.39, 0.29) is 11.3 Å². The Bertz CT molecular complexity index is 671. The van der Waals surface area contributed by atoms with Gasteiger partial charge in [-0.05, 0) is 34.4 Å². The summed E-state index contributed by atoms with van der Waals surface area (Å²) in [7, 11) is 0. The van der Waals surface area contributed by atoms with Crippen molar-refractivity contribution in [2.24, 2.45) is 0 Å². The zero-order chi connectivity index (χ0) is 13.6. The molecule has 0 bridgehead atoms. The standard InChI is InChI=1S/C17H17NO/c1-11(19)18-12-8-9-14-13-6-4-5-7-15(13)17(2,3)16(14)10-12/h4-10H,1-3H3,(H,18,19). The number of rotatable bonds is 1. The monoisotopic (exact) mass is 251 g/mol. The number of hydrogen-bond acceptors (Lipinski definition) is 1. The van der Waals surface area contributed by atoms with Crippen molar-refractivity contribution in [3.05, 3.63) is 53.6 Å². The van der Waals surface area contributed by atoms with E-state index >= 15 is 0 Å². The van der Waals surface area contributed by atoms with Crippen LogP contribution in [0.2, 0.25) is 0 Å². The molecule has 0 saturated heterocycles. The fraction of sp³-hybridized carbons (Fsp3) is 0.235. The average Bonchev–Trinajstić information content (AvgIpc) is 2.59. The number of benzene rings is 2. The fourth-order valence-electron chi connectivity index (χ4n) is 2.99. The Morgan fingerprint density at radius 1 is 1.00 bits per heavy atom. The Hall–Kier alpha value is -2.09. The van der Waals surface area contributed by atoms with Crippen LogP contribution in [0, 0.1) is 0 Å². The molecule has 0 atom stereocenters. The average molecular weight is 251 g/mol. The van der Waals surface area contributed by atoms with E-state index in [0.717, 1.165) is 5.69 Å². The first-order valence-electron chi connectivity index (χ1n) is 6.52. The van der Waals surface area contributed by atoms with Gasteiger partial charge in [-0.2, -0.15) is 0 Å². The summed E-state index contributed by atoms with van der Waals surface area (Å²) in [5.41, 5.74) is 6.06. The largest absolute Gasteiger partial charge is 0.326 e. The van der Waals surface area contributed by atoms with E-state index < -0.39 is 0 Å². The number of fused-ring (bicyclic) bond motifs is 3. The van der Waals surface area contributed by atoms with Gasteiger partial charge in [-0.3, -0.25) is 4.79 Å². The van der Waals surface area contributed by atoms with Gasteiger partial charge >= 0.3 is 0 Å². The van der Waals surface area contributed by atoms with Crippen molar-refractivity contribution in [2.75, 3.05) is 5.32 Å². The summed E-state index contributed by atoms with van der Waals surface area (Å²) in [6.07, 6.45) is 0. The summed E-state index contributed by atoms with van der Waals surface area (Å²) in [5, 5.41) is 2.86. The maximum Gasteiger partial charge on any atom is 0.221 e. The van der Waals surface area contributed by atoms with Crippen LogP contribution in [0.3, 0.4) is 0 Å². The quantitative estimate of drug-likeness (QED) is 0.817. The molecule has 0 radical (unpaired) electrons. The van der Waals surface area contributed by atoms with E-state index in [4.69, 9.17) is 0 Å². The van der Waals surface area contributed by atoms with Gasteiger partial charge in [-0.15, -0.1) is 0 Å². The summed E-state index contributed by atoms with van der Waals surface area (Å²) in [4.78, 5) is 11.2. The molecule has 0 unspecified atom stereocenters. The van der Waals surface area contributed by atoms with Crippen molar-refractivity contribution in [2.45, 2.75) is 26.2 Å². The van der Waals surface area contributed by atoms with Crippen LogP contribution < -0.4 is 5.32 Å². The van der Waals surface area contributed by atoms with Crippen LogP contribution in [-0.2, 0) is 10.2 Å². The highest BCUT2D eigenvalue weighted by Crippen LogP contribution is 2.49. The van der Waals surface area contributed by atoms with Crippen molar-refractivity contribution in [1.82, 2.24) is 0 Å². The molecule has 1 N–H and O–H groups in total. The molecule has 0 aromatic heterocycles. The number of carbonyl (C=O) groups is 1. The van der Waals surface area contributed by atoms with Crippen LogP contribution in [0.5, 0.6) is 0 Å². The van der Waals surface area contributed by atoms with Crippen LogP contribution >= 0.6 is 0 Å². The third-order valence-corrected chi connectivity index (χ3v) is 3.90. The molecule has 0 fully saturated rings. The molecular formula is C17H17NO. The van der Waals surface area contributed by atoms with E-state index in [2.05, 4.69) is 55.6 Å². The second kappa shape index (κ2) is 3.95. The molecule has 96 valence electrons. The van der Waals surface area contributed by atoms with E-state index in [1.165, 1.54) is 29.2 Å². The lowest BCUT2D eigenvalue weighted by molar-refractivity contribution is -0.114. The minimum Gasteiger partial charge on any atom is -0.326 e. The van der Waals surface area contributed by atoms with E-state index in [1.54, 1.807) is 0 Å². The molecule has 0 spiro atoms. The molecule has 3 rings (SSSR count). The summed E-state index contributed by atoms with van der Waals surface area (Å²) < 4.78 is 0. The lowest BCUT2D eigenvalue weighted by atomic mass is 9.82. The van der Waals surface area contributed by atoms with Gasteiger partial charge in [0.05, 0.1) is 0 Å². The second-order valence-corrected chi connectivity index (χ2v) is 5.61. The summed E-state index contributed by atoms with van der Waals surface area (Å²) >= 11 is 0. The smallest absolute Gasteiger partial charge is 0.221 e. The van der Waals surface area contributed by atoms with Crippen molar-refractivity contribution >= 4 is 11.6 Å². The Kier molecular flexibility index (Phi) is 2.49. The number of hydrogen-bond donors (Lipinski definition) is 1. The Morgan fingerprint density at radius 2 is 1.68 bits per heavy atom. The molecule has 19 heavy (non-hydrogen) atoms. The first kappa shape index (κ1) is 12.0. The Labute approximate surface area is 113 Å². The highest BCUT2D eigenvalue weighted by Gasteiger charge is 2.35. The lowest BCUT2D eigenvalue weighted by Gasteiger charge is -2.21. The van der Waals surface area contributed by atoms with Gasteiger partial charge < -0.3 is 5.32 Å². The minimum atomic E-state index is -0.0340. The molecule has 0 saturated carbocycles. The third-order valence-electron chi connectivity index (χ3n) is 3.90. The van der Waals surface area contributed by atoms with Crippen LogP contribution in [0.1, 0.15) is 31.9 Å². The molecule has 1 amide bonds. The summed E-state index contributed by atoms with van der Waals surface area (Å²) in [6.45, 7) is 6.00. The minimum absolute atomic E-state index is 0.0135. The number of amides is 1. The van der Waals surface area contributed by atoms with Crippen molar-refractivity contribution < 1.29 is 4.79 Å². The molecule has 2 aromatic rings. The fourth-order valence-corrected chi connectivity index (χ4v) is 2.99. The normalized spacial score (nSPS) is 14.7. The van der Waals surface area contributed by atoms with Gasteiger partial charge in [0, 0.05) is 18.0 Å². The molecule has 2 aromatic carbocycles. The molecule has 1 aliphatic rings. The van der Waals surface area contributed by atoms with Crippen molar-refractivity contribution in [1.29, 1.82) is 0 Å². The predicted molar refractivity (Wildman–Crippen MR) is 78.3 cm³/mol. The van der Waals surface area contributed by atoms with Crippen LogP contribution in [-0.4, -0.2) is 5.91 Å².